The second kappa shape index (κ2) is 8.53. The molecule has 1 aromatic carbocycles. The van der Waals surface area contributed by atoms with Crippen molar-refractivity contribution in [2.45, 2.75) is 19.3 Å². The van der Waals surface area contributed by atoms with Crippen LogP contribution in [0.15, 0.2) is 30.3 Å². The molecular formula is C14H22N2O2. The Morgan fingerprint density at radius 1 is 1.22 bits per heavy atom. The van der Waals surface area contributed by atoms with Gasteiger partial charge in [0.25, 0.3) is 0 Å². The first-order valence-electron chi connectivity index (χ1n) is 6.38. The van der Waals surface area contributed by atoms with Crippen LogP contribution in [-0.4, -0.2) is 42.7 Å². The van der Waals surface area contributed by atoms with Gasteiger partial charge in [0, 0.05) is 25.9 Å². The van der Waals surface area contributed by atoms with Gasteiger partial charge in [0.2, 0.25) is 5.91 Å². The maximum absolute atomic E-state index is 11.8. The number of para-hydroxylation sites is 1. The molecule has 1 aromatic rings. The summed E-state index contributed by atoms with van der Waals surface area (Å²) in [6, 6.07) is 9.69. The average molecular weight is 250 g/mol. The molecule has 4 nitrogen and oxygen atoms in total. The van der Waals surface area contributed by atoms with Gasteiger partial charge in [-0.05, 0) is 31.4 Å². The third-order valence-electron chi connectivity index (χ3n) is 2.79. The Hall–Kier alpha value is -1.55. The van der Waals surface area contributed by atoms with Gasteiger partial charge in [-0.3, -0.25) is 4.79 Å². The quantitative estimate of drug-likeness (QED) is 0.691. The zero-order valence-electron chi connectivity index (χ0n) is 10.9. The van der Waals surface area contributed by atoms with Crippen molar-refractivity contribution in [3.63, 3.8) is 0 Å². The van der Waals surface area contributed by atoms with Crippen molar-refractivity contribution >= 4 is 11.6 Å². The Morgan fingerprint density at radius 2 is 1.94 bits per heavy atom. The van der Waals surface area contributed by atoms with Gasteiger partial charge in [-0.25, -0.2) is 0 Å². The van der Waals surface area contributed by atoms with E-state index in [2.05, 4.69) is 5.32 Å². The van der Waals surface area contributed by atoms with E-state index in [9.17, 15) is 4.79 Å². The number of unbranched alkanes of at least 4 members (excludes halogenated alkanes) is 2. The number of likely N-dealkylation sites (N-methyl/N-ethyl adjacent to an activating group) is 1. The van der Waals surface area contributed by atoms with Crippen LogP contribution in [0.4, 0.5) is 5.69 Å². The van der Waals surface area contributed by atoms with Gasteiger partial charge in [-0.15, -0.1) is 0 Å². The highest BCUT2D eigenvalue weighted by Gasteiger charge is 2.07. The highest BCUT2D eigenvalue weighted by Crippen LogP contribution is 2.04. The number of benzene rings is 1. The Balaban J connectivity index is 2.19. The SMILES string of the molecule is CN(CCCCCO)C(=O)CNc1ccccc1. The molecule has 0 heterocycles. The van der Waals surface area contributed by atoms with E-state index in [1.165, 1.54) is 0 Å². The third-order valence-corrected chi connectivity index (χ3v) is 2.79. The Bertz CT molecular complexity index is 341. The number of amides is 1. The van der Waals surface area contributed by atoms with E-state index in [1.54, 1.807) is 4.90 Å². The van der Waals surface area contributed by atoms with Gasteiger partial charge < -0.3 is 15.3 Å². The molecule has 2 N–H and O–H groups in total. The molecule has 0 bridgehead atoms. The van der Waals surface area contributed by atoms with E-state index < -0.39 is 0 Å². The molecule has 0 aromatic heterocycles. The van der Waals surface area contributed by atoms with Crippen molar-refractivity contribution in [3.05, 3.63) is 30.3 Å². The summed E-state index contributed by atoms with van der Waals surface area (Å²) in [5.74, 6) is 0.0860. The van der Waals surface area contributed by atoms with Crippen LogP contribution in [0.5, 0.6) is 0 Å². The van der Waals surface area contributed by atoms with Crippen LogP contribution >= 0.6 is 0 Å². The van der Waals surface area contributed by atoms with E-state index in [0.717, 1.165) is 31.5 Å². The molecule has 0 aliphatic heterocycles. The lowest BCUT2D eigenvalue weighted by Crippen LogP contribution is -2.32. The summed E-state index contributed by atoms with van der Waals surface area (Å²) in [6.07, 6.45) is 2.71. The first-order chi connectivity index (χ1) is 8.74. The average Bonchev–Trinajstić information content (AvgIpc) is 2.42. The first kappa shape index (κ1) is 14.5. The van der Waals surface area contributed by atoms with Crippen LogP contribution < -0.4 is 5.32 Å². The second-order valence-electron chi connectivity index (χ2n) is 4.32. The molecule has 0 spiro atoms. The molecule has 18 heavy (non-hydrogen) atoms. The lowest BCUT2D eigenvalue weighted by atomic mass is 10.2. The minimum atomic E-state index is 0.0860. The third kappa shape index (κ3) is 5.68. The van der Waals surface area contributed by atoms with Gasteiger partial charge in [-0.1, -0.05) is 18.2 Å². The minimum absolute atomic E-state index is 0.0860. The molecule has 0 unspecified atom stereocenters. The molecular weight excluding hydrogens is 228 g/mol. The highest BCUT2D eigenvalue weighted by molar-refractivity contribution is 5.80. The van der Waals surface area contributed by atoms with Crippen LogP contribution in [0, 0.1) is 0 Å². The van der Waals surface area contributed by atoms with Crippen molar-refractivity contribution in [2.75, 3.05) is 32.1 Å². The zero-order valence-corrected chi connectivity index (χ0v) is 10.9. The highest BCUT2D eigenvalue weighted by atomic mass is 16.2. The summed E-state index contributed by atoms with van der Waals surface area (Å²) >= 11 is 0. The van der Waals surface area contributed by atoms with Crippen LogP contribution in [0.25, 0.3) is 0 Å². The van der Waals surface area contributed by atoms with Gasteiger partial charge in [-0.2, -0.15) is 0 Å². The normalized spacial score (nSPS) is 10.1. The van der Waals surface area contributed by atoms with Crippen molar-refractivity contribution in [1.82, 2.24) is 4.90 Å². The summed E-state index contributed by atoms with van der Waals surface area (Å²) in [5, 5.41) is 11.8. The van der Waals surface area contributed by atoms with Crippen LogP contribution in [0.1, 0.15) is 19.3 Å². The van der Waals surface area contributed by atoms with Gasteiger partial charge in [0.1, 0.15) is 0 Å². The van der Waals surface area contributed by atoms with Crippen LogP contribution in [0.3, 0.4) is 0 Å². The van der Waals surface area contributed by atoms with Gasteiger partial charge in [0.05, 0.1) is 6.54 Å². The number of nitrogens with zero attached hydrogens (tertiary/aromatic N) is 1. The van der Waals surface area contributed by atoms with E-state index >= 15 is 0 Å². The Labute approximate surface area is 109 Å². The van der Waals surface area contributed by atoms with Crippen molar-refractivity contribution in [3.8, 4) is 0 Å². The predicted octanol–water partition coefficient (Wildman–Crippen LogP) is 1.72. The van der Waals surface area contributed by atoms with Gasteiger partial charge in [0.15, 0.2) is 0 Å². The lowest BCUT2D eigenvalue weighted by Gasteiger charge is -2.17. The fraction of sp³-hybridized carbons (Fsp3) is 0.500. The van der Waals surface area contributed by atoms with Crippen molar-refractivity contribution in [2.24, 2.45) is 0 Å². The summed E-state index contributed by atoms with van der Waals surface area (Å²) in [7, 11) is 1.81. The number of hydrogen-bond donors (Lipinski definition) is 2. The number of aliphatic hydroxyl groups excluding tert-OH is 1. The molecule has 4 heteroatoms. The summed E-state index contributed by atoms with van der Waals surface area (Å²) in [4.78, 5) is 13.5. The number of rotatable bonds is 8. The topological polar surface area (TPSA) is 52.6 Å². The number of anilines is 1. The van der Waals surface area contributed by atoms with E-state index in [4.69, 9.17) is 5.11 Å². The number of aliphatic hydroxyl groups is 1. The summed E-state index contributed by atoms with van der Waals surface area (Å²) in [6.45, 7) is 1.29. The summed E-state index contributed by atoms with van der Waals surface area (Å²) < 4.78 is 0. The fourth-order valence-electron chi connectivity index (χ4n) is 1.63. The largest absolute Gasteiger partial charge is 0.396 e. The molecule has 100 valence electrons. The summed E-state index contributed by atoms with van der Waals surface area (Å²) in [5.41, 5.74) is 0.958. The van der Waals surface area contributed by atoms with Crippen LogP contribution in [-0.2, 0) is 4.79 Å². The molecule has 1 rings (SSSR count). The monoisotopic (exact) mass is 250 g/mol. The number of carbonyl (C=O) groups excluding carboxylic acids is 1. The van der Waals surface area contributed by atoms with Crippen molar-refractivity contribution < 1.29 is 9.90 Å². The molecule has 0 saturated carbocycles. The molecule has 0 atom stereocenters. The first-order valence-corrected chi connectivity index (χ1v) is 6.38. The number of hydrogen-bond acceptors (Lipinski definition) is 3. The number of carbonyl (C=O) groups is 1. The molecule has 0 saturated heterocycles. The molecule has 0 aliphatic carbocycles. The smallest absolute Gasteiger partial charge is 0.241 e. The lowest BCUT2D eigenvalue weighted by molar-refractivity contribution is -0.128. The maximum Gasteiger partial charge on any atom is 0.241 e. The maximum atomic E-state index is 11.8. The minimum Gasteiger partial charge on any atom is -0.396 e. The zero-order chi connectivity index (χ0) is 13.2. The molecule has 0 aliphatic rings. The molecule has 0 fully saturated rings. The van der Waals surface area contributed by atoms with Crippen molar-refractivity contribution in [1.29, 1.82) is 0 Å². The molecule has 1 amide bonds. The molecule has 0 radical (unpaired) electrons. The van der Waals surface area contributed by atoms with Crippen LogP contribution in [0.2, 0.25) is 0 Å². The van der Waals surface area contributed by atoms with E-state index in [1.807, 2.05) is 37.4 Å². The predicted molar refractivity (Wildman–Crippen MR) is 73.5 cm³/mol. The van der Waals surface area contributed by atoms with E-state index in [-0.39, 0.29) is 12.5 Å². The fourth-order valence-corrected chi connectivity index (χ4v) is 1.63. The van der Waals surface area contributed by atoms with E-state index in [0.29, 0.717) is 6.54 Å². The Kier molecular flexibility index (Phi) is 6.87. The Morgan fingerprint density at radius 3 is 2.61 bits per heavy atom. The van der Waals surface area contributed by atoms with Gasteiger partial charge >= 0.3 is 0 Å². The number of nitrogens with one attached hydrogen (secondary N) is 1. The standard InChI is InChI=1S/C14H22N2O2/c1-16(10-6-3-7-11-17)14(18)12-15-13-8-4-2-5-9-13/h2,4-5,8-9,15,17H,3,6-7,10-12H2,1H3. The second-order valence-corrected chi connectivity index (χ2v) is 4.32.